The van der Waals surface area contributed by atoms with E-state index in [-0.39, 0.29) is 0 Å². The van der Waals surface area contributed by atoms with Crippen molar-refractivity contribution in [3.05, 3.63) is 29.3 Å². The number of nitrogens with two attached hydrogens (primary N) is 1. The van der Waals surface area contributed by atoms with Gasteiger partial charge in [0.25, 0.3) is 0 Å². The molecule has 1 aliphatic carbocycles. The van der Waals surface area contributed by atoms with Crippen molar-refractivity contribution in [3.8, 4) is 5.75 Å². The monoisotopic (exact) mass is 191 g/mol. The summed E-state index contributed by atoms with van der Waals surface area (Å²) in [5.41, 5.74) is 8.23. The third kappa shape index (κ3) is 2.07. The second kappa shape index (κ2) is 4.01. The number of ether oxygens (including phenoxy) is 1. The molecule has 0 unspecified atom stereocenters. The van der Waals surface area contributed by atoms with Crippen LogP contribution in [0, 0.1) is 0 Å². The minimum atomic E-state index is 0.598. The molecule has 1 aliphatic rings. The van der Waals surface area contributed by atoms with Crippen molar-refractivity contribution in [1.82, 2.24) is 0 Å². The Morgan fingerprint density at radius 3 is 2.71 bits per heavy atom. The summed E-state index contributed by atoms with van der Waals surface area (Å²) >= 11 is 0. The minimum Gasteiger partial charge on any atom is -0.494 e. The van der Waals surface area contributed by atoms with Crippen LogP contribution in [-0.4, -0.2) is 6.61 Å². The average molecular weight is 191 g/mol. The van der Waals surface area contributed by atoms with Gasteiger partial charge in [-0.2, -0.15) is 0 Å². The maximum atomic E-state index is 5.65. The summed E-state index contributed by atoms with van der Waals surface area (Å²) in [7, 11) is 0. The van der Waals surface area contributed by atoms with Crippen molar-refractivity contribution in [2.75, 3.05) is 6.61 Å². The molecule has 1 saturated carbocycles. The first kappa shape index (κ1) is 9.53. The third-order valence-corrected chi connectivity index (χ3v) is 2.58. The Balaban J connectivity index is 2.26. The molecule has 1 fully saturated rings. The fraction of sp³-hybridized carbons (Fsp3) is 0.500. The van der Waals surface area contributed by atoms with Crippen LogP contribution in [0.15, 0.2) is 18.2 Å². The van der Waals surface area contributed by atoms with Gasteiger partial charge in [-0.05, 0) is 48.9 Å². The van der Waals surface area contributed by atoms with Crippen LogP contribution in [0.2, 0.25) is 0 Å². The summed E-state index contributed by atoms with van der Waals surface area (Å²) in [6.45, 7) is 3.32. The number of benzene rings is 1. The lowest BCUT2D eigenvalue weighted by atomic mass is 10.1. The largest absolute Gasteiger partial charge is 0.494 e. The molecule has 0 atom stereocenters. The Hall–Kier alpha value is -1.02. The van der Waals surface area contributed by atoms with Crippen molar-refractivity contribution in [2.24, 2.45) is 5.73 Å². The highest BCUT2D eigenvalue weighted by atomic mass is 16.5. The number of hydrogen-bond donors (Lipinski definition) is 1. The van der Waals surface area contributed by atoms with E-state index < -0.39 is 0 Å². The molecular formula is C12H17NO. The first-order valence-electron chi connectivity index (χ1n) is 5.30. The summed E-state index contributed by atoms with van der Waals surface area (Å²) in [4.78, 5) is 0. The van der Waals surface area contributed by atoms with E-state index in [1.807, 2.05) is 13.0 Å². The quantitative estimate of drug-likeness (QED) is 0.793. The van der Waals surface area contributed by atoms with E-state index in [1.54, 1.807) is 0 Å². The van der Waals surface area contributed by atoms with Crippen LogP contribution in [0.5, 0.6) is 5.75 Å². The zero-order chi connectivity index (χ0) is 9.97. The normalized spacial score (nSPS) is 15.6. The molecule has 0 radical (unpaired) electrons. The molecule has 0 saturated heterocycles. The molecular weight excluding hydrogens is 174 g/mol. The molecule has 0 amide bonds. The predicted molar refractivity (Wildman–Crippen MR) is 57.5 cm³/mol. The minimum absolute atomic E-state index is 0.598. The van der Waals surface area contributed by atoms with Gasteiger partial charge in [0.1, 0.15) is 5.75 Å². The fourth-order valence-corrected chi connectivity index (χ4v) is 1.71. The number of hydrogen-bond acceptors (Lipinski definition) is 2. The Morgan fingerprint density at radius 2 is 2.14 bits per heavy atom. The van der Waals surface area contributed by atoms with Crippen molar-refractivity contribution >= 4 is 0 Å². The summed E-state index contributed by atoms with van der Waals surface area (Å²) in [6.07, 6.45) is 2.64. The highest BCUT2D eigenvalue weighted by Gasteiger charge is 2.24. The van der Waals surface area contributed by atoms with Gasteiger partial charge in [-0.25, -0.2) is 0 Å². The second-order valence-corrected chi connectivity index (χ2v) is 3.82. The maximum absolute atomic E-state index is 5.65. The van der Waals surface area contributed by atoms with E-state index in [1.165, 1.54) is 24.0 Å². The van der Waals surface area contributed by atoms with Gasteiger partial charge >= 0.3 is 0 Å². The van der Waals surface area contributed by atoms with Crippen LogP contribution < -0.4 is 10.5 Å². The molecule has 0 heterocycles. The van der Waals surface area contributed by atoms with E-state index >= 15 is 0 Å². The van der Waals surface area contributed by atoms with Crippen LogP contribution in [0.25, 0.3) is 0 Å². The van der Waals surface area contributed by atoms with Crippen molar-refractivity contribution < 1.29 is 4.74 Å². The van der Waals surface area contributed by atoms with E-state index in [9.17, 15) is 0 Å². The van der Waals surface area contributed by atoms with Gasteiger partial charge in [-0.15, -0.1) is 0 Å². The molecule has 0 aliphatic heterocycles. The first-order chi connectivity index (χ1) is 6.83. The Kier molecular flexibility index (Phi) is 2.73. The smallest absolute Gasteiger partial charge is 0.119 e. The molecule has 2 rings (SSSR count). The fourth-order valence-electron chi connectivity index (χ4n) is 1.71. The molecule has 1 aromatic carbocycles. The Labute approximate surface area is 85.1 Å². The highest BCUT2D eigenvalue weighted by molar-refractivity contribution is 5.37. The standard InChI is InChI=1S/C12H17NO/c1-2-14-12-6-9(8-13)5-11(7-12)10-3-4-10/h5-7,10H,2-4,8,13H2,1H3. The van der Waals surface area contributed by atoms with E-state index in [0.717, 1.165) is 18.3 Å². The van der Waals surface area contributed by atoms with E-state index in [4.69, 9.17) is 10.5 Å². The second-order valence-electron chi connectivity index (χ2n) is 3.82. The van der Waals surface area contributed by atoms with Gasteiger partial charge in [-0.3, -0.25) is 0 Å². The predicted octanol–water partition coefficient (Wildman–Crippen LogP) is 2.42. The van der Waals surface area contributed by atoms with Crippen molar-refractivity contribution in [2.45, 2.75) is 32.2 Å². The van der Waals surface area contributed by atoms with Crippen LogP contribution in [-0.2, 0) is 6.54 Å². The van der Waals surface area contributed by atoms with Gasteiger partial charge in [0, 0.05) is 6.54 Å². The van der Waals surface area contributed by atoms with Crippen molar-refractivity contribution in [1.29, 1.82) is 0 Å². The lowest BCUT2D eigenvalue weighted by Gasteiger charge is -2.08. The third-order valence-electron chi connectivity index (χ3n) is 2.58. The van der Waals surface area contributed by atoms with Gasteiger partial charge in [-0.1, -0.05) is 6.07 Å². The zero-order valence-electron chi connectivity index (χ0n) is 8.62. The molecule has 0 spiro atoms. The molecule has 2 N–H and O–H groups in total. The lowest BCUT2D eigenvalue weighted by Crippen LogP contribution is -1.99. The summed E-state index contributed by atoms with van der Waals surface area (Å²) < 4.78 is 5.51. The summed E-state index contributed by atoms with van der Waals surface area (Å²) in [5, 5.41) is 0. The first-order valence-corrected chi connectivity index (χ1v) is 5.30. The Bertz CT molecular complexity index is 318. The SMILES string of the molecule is CCOc1cc(CN)cc(C2CC2)c1. The molecule has 2 nitrogen and oxygen atoms in total. The van der Waals surface area contributed by atoms with E-state index in [0.29, 0.717) is 6.54 Å². The van der Waals surface area contributed by atoms with E-state index in [2.05, 4.69) is 12.1 Å². The van der Waals surface area contributed by atoms with Crippen LogP contribution in [0.1, 0.15) is 36.8 Å². The average Bonchev–Trinajstić information content (AvgIpc) is 3.01. The molecule has 2 heteroatoms. The maximum Gasteiger partial charge on any atom is 0.119 e. The summed E-state index contributed by atoms with van der Waals surface area (Å²) in [5.74, 6) is 1.73. The molecule has 0 bridgehead atoms. The van der Waals surface area contributed by atoms with Crippen LogP contribution in [0.3, 0.4) is 0 Å². The van der Waals surface area contributed by atoms with Gasteiger partial charge < -0.3 is 10.5 Å². The lowest BCUT2D eigenvalue weighted by molar-refractivity contribution is 0.339. The summed E-state index contributed by atoms with van der Waals surface area (Å²) in [6, 6.07) is 6.40. The molecule has 1 aromatic rings. The zero-order valence-corrected chi connectivity index (χ0v) is 8.62. The molecule has 76 valence electrons. The molecule has 0 aromatic heterocycles. The highest BCUT2D eigenvalue weighted by Crippen LogP contribution is 2.41. The number of rotatable bonds is 4. The van der Waals surface area contributed by atoms with Crippen LogP contribution >= 0.6 is 0 Å². The van der Waals surface area contributed by atoms with Gasteiger partial charge in [0.15, 0.2) is 0 Å². The van der Waals surface area contributed by atoms with Crippen LogP contribution in [0.4, 0.5) is 0 Å². The Morgan fingerprint density at radius 1 is 1.36 bits per heavy atom. The van der Waals surface area contributed by atoms with Gasteiger partial charge in [0.05, 0.1) is 6.61 Å². The molecule has 14 heavy (non-hydrogen) atoms. The topological polar surface area (TPSA) is 35.2 Å². The van der Waals surface area contributed by atoms with Crippen molar-refractivity contribution in [3.63, 3.8) is 0 Å². The van der Waals surface area contributed by atoms with Gasteiger partial charge in [0.2, 0.25) is 0 Å².